The first-order chi connectivity index (χ1) is 28.8. The molecule has 0 saturated carbocycles. The molecule has 0 aliphatic carbocycles. The van der Waals surface area contributed by atoms with E-state index in [0.717, 1.165) is 141 Å². The topological polar surface area (TPSA) is 123 Å². The van der Waals surface area contributed by atoms with Crippen molar-refractivity contribution >= 4 is 11.9 Å². The average molecular weight is 837 g/mol. The molecule has 0 aliphatic rings. The van der Waals surface area contributed by atoms with E-state index >= 15 is 0 Å². The minimum Gasteiger partial charge on any atom is -0.462 e. The second-order valence-corrected chi connectivity index (χ2v) is 17.2. The van der Waals surface area contributed by atoms with Gasteiger partial charge in [-0.2, -0.15) is 0 Å². The molecule has 0 radical (unpaired) electrons. The van der Waals surface area contributed by atoms with Crippen molar-refractivity contribution < 1.29 is 24.0 Å². The SMILES string of the molecule is CCCCCCCCC(CC)OC(=O)CCCCCCCN(CCCCCCCC(=O)OC(CCCCCCC)CCCCCCCC)CCCN/C(=C/[N+](=O)[O-])NC. The first-order valence-corrected chi connectivity index (χ1v) is 25.2. The van der Waals surface area contributed by atoms with Crippen molar-refractivity contribution in [2.45, 2.75) is 258 Å². The predicted octanol–water partition coefficient (Wildman–Crippen LogP) is 13.3. The Balaban J connectivity index is 4.56. The summed E-state index contributed by atoms with van der Waals surface area (Å²) < 4.78 is 11.8. The molecule has 0 aromatic heterocycles. The summed E-state index contributed by atoms with van der Waals surface area (Å²) in [6.07, 6.45) is 39.1. The number of carbonyl (C=O) groups is 2. The first-order valence-electron chi connectivity index (χ1n) is 25.2. The normalized spacial score (nSPS) is 12.7. The molecule has 0 bridgehead atoms. The molecule has 0 spiro atoms. The number of nitrogens with one attached hydrogen (secondary N) is 2. The highest BCUT2D eigenvalue weighted by molar-refractivity contribution is 5.69. The zero-order valence-corrected chi connectivity index (χ0v) is 39.4. The number of hydrogen-bond donors (Lipinski definition) is 2. The maximum Gasteiger partial charge on any atom is 0.306 e. The summed E-state index contributed by atoms with van der Waals surface area (Å²) in [6, 6.07) is 0. The second-order valence-electron chi connectivity index (χ2n) is 17.2. The minimum atomic E-state index is -0.444. The zero-order chi connectivity index (χ0) is 43.4. The summed E-state index contributed by atoms with van der Waals surface area (Å²) in [6.45, 7) is 12.5. The van der Waals surface area contributed by atoms with Crippen LogP contribution in [0.1, 0.15) is 246 Å². The summed E-state index contributed by atoms with van der Waals surface area (Å²) in [7, 11) is 1.68. The van der Waals surface area contributed by atoms with Gasteiger partial charge in [-0.3, -0.25) is 19.7 Å². The molecule has 0 heterocycles. The molecule has 0 amide bonds. The molecule has 10 heteroatoms. The van der Waals surface area contributed by atoms with Gasteiger partial charge in [0.25, 0.3) is 6.20 Å². The molecule has 2 atom stereocenters. The lowest BCUT2D eigenvalue weighted by Crippen LogP contribution is -2.31. The van der Waals surface area contributed by atoms with Crippen LogP contribution in [-0.2, 0) is 19.1 Å². The Morgan fingerprint density at radius 1 is 0.542 bits per heavy atom. The van der Waals surface area contributed by atoms with E-state index in [4.69, 9.17) is 9.47 Å². The highest BCUT2D eigenvalue weighted by Gasteiger charge is 2.15. The molecule has 2 unspecified atom stereocenters. The molecule has 2 N–H and O–H groups in total. The quantitative estimate of drug-likeness (QED) is 0.0267. The highest BCUT2D eigenvalue weighted by Crippen LogP contribution is 2.19. The number of unbranched alkanes of at least 4 members (excludes halogenated alkanes) is 22. The average Bonchev–Trinajstić information content (AvgIpc) is 3.22. The van der Waals surface area contributed by atoms with E-state index in [-0.39, 0.29) is 24.1 Å². The van der Waals surface area contributed by atoms with E-state index in [2.05, 4.69) is 43.2 Å². The Kier molecular flexibility index (Phi) is 42.0. The van der Waals surface area contributed by atoms with Crippen LogP contribution < -0.4 is 10.6 Å². The van der Waals surface area contributed by atoms with Crippen LogP contribution in [0.2, 0.25) is 0 Å². The maximum absolute atomic E-state index is 12.8. The van der Waals surface area contributed by atoms with Crippen LogP contribution >= 0.6 is 0 Å². The fourth-order valence-electron chi connectivity index (χ4n) is 7.81. The Morgan fingerprint density at radius 2 is 0.915 bits per heavy atom. The third-order valence-electron chi connectivity index (χ3n) is 11.6. The summed E-state index contributed by atoms with van der Waals surface area (Å²) in [5.41, 5.74) is 0. The second kappa shape index (κ2) is 43.7. The van der Waals surface area contributed by atoms with E-state index in [9.17, 15) is 19.7 Å². The van der Waals surface area contributed by atoms with E-state index in [0.29, 0.717) is 25.2 Å². The van der Waals surface area contributed by atoms with Crippen molar-refractivity contribution in [2.24, 2.45) is 0 Å². The molecule has 0 aliphatic heterocycles. The fourth-order valence-corrected chi connectivity index (χ4v) is 7.81. The van der Waals surface area contributed by atoms with Crippen LogP contribution in [0, 0.1) is 10.1 Å². The van der Waals surface area contributed by atoms with Crippen LogP contribution in [-0.4, -0.2) is 67.2 Å². The van der Waals surface area contributed by atoms with E-state index in [1.54, 1.807) is 7.05 Å². The van der Waals surface area contributed by atoms with Gasteiger partial charge in [-0.05, 0) is 96.7 Å². The number of nitrogens with zero attached hydrogens (tertiary/aromatic N) is 2. The van der Waals surface area contributed by atoms with Gasteiger partial charge < -0.3 is 25.0 Å². The fraction of sp³-hybridized carbons (Fsp3) is 0.918. The van der Waals surface area contributed by atoms with E-state index < -0.39 is 4.92 Å². The molecular weight excluding hydrogens is 741 g/mol. The monoisotopic (exact) mass is 837 g/mol. The van der Waals surface area contributed by atoms with Crippen molar-refractivity contribution in [1.29, 1.82) is 0 Å². The van der Waals surface area contributed by atoms with Gasteiger partial charge in [0, 0.05) is 26.4 Å². The van der Waals surface area contributed by atoms with Crippen molar-refractivity contribution in [3.63, 3.8) is 0 Å². The van der Waals surface area contributed by atoms with Gasteiger partial charge in [0.05, 0.1) is 4.92 Å². The molecule has 348 valence electrons. The van der Waals surface area contributed by atoms with Gasteiger partial charge in [-0.25, -0.2) is 0 Å². The lowest BCUT2D eigenvalue weighted by Gasteiger charge is -2.22. The Labute approximate surface area is 364 Å². The lowest BCUT2D eigenvalue weighted by atomic mass is 10.0. The number of rotatable bonds is 46. The third kappa shape index (κ3) is 39.5. The van der Waals surface area contributed by atoms with Crippen LogP contribution in [0.5, 0.6) is 0 Å². The van der Waals surface area contributed by atoms with Gasteiger partial charge >= 0.3 is 11.9 Å². The molecular formula is C49H96N4O6. The lowest BCUT2D eigenvalue weighted by molar-refractivity contribution is -0.404. The number of nitro groups is 1. The Bertz CT molecular complexity index is 996. The number of carbonyl (C=O) groups excluding carboxylic acids is 2. The largest absolute Gasteiger partial charge is 0.462 e. The minimum absolute atomic E-state index is 0.00678. The number of ether oxygens (including phenoxy) is 2. The molecule has 0 aromatic carbocycles. The number of hydrogen-bond acceptors (Lipinski definition) is 9. The van der Waals surface area contributed by atoms with Crippen molar-refractivity contribution in [3.8, 4) is 0 Å². The van der Waals surface area contributed by atoms with Crippen molar-refractivity contribution in [1.82, 2.24) is 15.5 Å². The van der Waals surface area contributed by atoms with Gasteiger partial charge in [0.1, 0.15) is 12.2 Å². The summed E-state index contributed by atoms with van der Waals surface area (Å²) in [4.78, 5) is 38.3. The van der Waals surface area contributed by atoms with Crippen LogP contribution in [0.25, 0.3) is 0 Å². The van der Waals surface area contributed by atoms with Crippen LogP contribution in [0.15, 0.2) is 12.0 Å². The zero-order valence-electron chi connectivity index (χ0n) is 39.4. The van der Waals surface area contributed by atoms with Gasteiger partial charge in [0.2, 0.25) is 0 Å². The highest BCUT2D eigenvalue weighted by atomic mass is 16.6. The van der Waals surface area contributed by atoms with E-state index in [1.165, 1.54) is 89.9 Å². The van der Waals surface area contributed by atoms with Gasteiger partial charge in [-0.1, -0.05) is 156 Å². The molecule has 0 aromatic rings. The van der Waals surface area contributed by atoms with Crippen molar-refractivity contribution in [2.75, 3.05) is 33.2 Å². The standard InChI is InChI=1S/C49H96N4O6/c1-6-10-13-16-21-27-35-45(9-4)58-48(54)38-30-23-18-25-32-41-52(43-34-40-51-47(50-5)44-53(56)57)42-33-26-19-24-31-39-49(55)59-46(36-28-20-15-12-8-3)37-29-22-17-14-11-7-2/h44-46,50-51H,6-43H2,1-5H3/b47-44+. The molecule has 0 saturated heterocycles. The number of esters is 2. The summed E-state index contributed by atoms with van der Waals surface area (Å²) in [5, 5.41) is 16.9. The van der Waals surface area contributed by atoms with Gasteiger partial charge in [0.15, 0.2) is 5.82 Å². The smallest absolute Gasteiger partial charge is 0.306 e. The third-order valence-corrected chi connectivity index (χ3v) is 11.6. The van der Waals surface area contributed by atoms with Crippen LogP contribution in [0.4, 0.5) is 0 Å². The molecule has 0 fully saturated rings. The van der Waals surface area contributed by atoms with Crippen molar-refractivity contribution in [3.05, 3.63) is 22.1 Å². The molecule has 59 heavy (non-hydrogen) atoms. The maximum atomic E-state index is 12.8. The Hall–Kier alpha value is -2.36. The summed E-state index contributed by atoms with van der Waals surface area (Å²) >= 11 is 0. The summed E-state index contributed by atoms with van der Waals surface area (Å²) in [5.74, 6) is 0.383. The van der Waals surface area contributed by atoms with E-state index in [1.807, 2.05) is 0 Å². The first kappa shape index (κ1) is 56.6. The molecule has 0 rings (SSSR count). The van der Waals surface area contributed by atoms with Crippen LogP contribution in [0.3, 0.4) is 0 Å². The Morgan fingerprint density at radius 3 is 1.34 bits per heavy atom. The molecule has 10 nitrogen and oxygen atoms in total. The van der Waals surface area contributed by atoms with Gasteiger partial charge in [-0.15, -0.1) is 0 Å². The predicted molar refractivity (Wildman–Crippen MR) is 248 cm³/mol.